The summed E-state index contributed by atoms with van der Waals surface area (Å²) in [5.74, 6) is -1.08. The quantitative estimate of drug-likeness (QED) is 0.559. The average Bonchev–Trinajstić information content (AvgIpc) is 2.80. The largest absolute Gasteiger partial charge is 0.469 e. The van der Waals surface area contributed by atoms with Gasteiger partial charge in [0.25, 0.3) is 0 Å². The van der Waals surface area contributed by atoms with Crippen molar-refractivity contribution in [2.75, 3.05) is 19.1 Å². The van der Waals surface area contributed by atoms with Crippen molar-refractivity contribution in [3.63, 3.8) is 0 Å². The Labute approximate surface area is 198 Å². The molecular weight excluding hydrogens is 443 g/mol. The molecule has 3 atom stereocenters. The number of rotatable bonds is 8. The highest BCUT2D eigenvalue weighted by molar-refractivity contribution is 5.91. The molecule has 3 rings (SSSR count). The number of benzene rings is 1. The van der Waals surface area contributed by atoms with Gasteiger partial charge in [-0.1, -0.05) is 32.9 Å². The summed E-state index contributed by atoms with van der Waals surface area (Å²) in [6.07, 6.45) is -2.90. The fourth-order valence-electron chi connectivity index (χ4n) is 4.26. The summed E-state index contributed by atoms with van der Waals surface area (Å²) in [5, 5.41) is 21.3. The van der Waals surface area contributed by atoms with Gasteiger partial charge in [-0.3, -0.25) is 9.69 Å². The molecule has 2 aromatic rings. The number of fused-ring (bicyclic) bond motifs is 1. The van der Waals surface area contributed by atoms with Crippen LogP contribution in [0, 0.1) is 5.82 Å². The molecule has 3 unspecified atom stereocenters. The minimum atomic E-state index is -1.08. The number of aliphatic hydroxyl groups excluding tert-OH is 2. The molecule has 2 heterocycles. The monoisotopic (exact) mass is 474 g/mol. The number of anilines is 1. The predicted octanol–water partition coefficient (Wildman–Crippen LogP) is 3.88. The molecule has 0 saturated heterocycles. The van der Waals surface area contributed by atoms with Crippen LogP contribution in [0.3, 0.4) is 0 Å². The van der Waals surface area contributed by atoms with Gasteiger partial charge in [0, 0.05) is 30.6 Å². The Hall–Kier alpha value is -3.04. The Bertz CT molecular complexity index is 1060. The van der Waals surface area contributed by atoms with Crippen molar-refractivity contribution in [2.24, 2.45) is 0 Å². The maximum atomic E-state index is 13.7. The van der Waals surface area contributed by atoms with Gasteiger partial charge in [-0.05, 0) is 34.7 Å². The lowest BCUT2D eigenvalue weighted by molar-refractivity contribution is -0.143. The zero-order valence-corrected chi connectivity index (χ0v) is 20.0. The van der Waals surface area contributed by atoms with Crippen LogP contribution in [-0.4, -0.2) is 53.6 Å². The van der Waals surface area contributed by atoms with Crippen LogP contribution in [0.25, 0.3) is 11.1 Å². The zero-order chi connectivity index (χ0) is 25.2. The molecule has 0 aliphatic carbocycles. The fourth-order valence-corrected chi connectivity index (χ4v) is 4.26. The van der Waals surface area contributed by atoms with Crippen LogP contribution in [0.15, 0.2) is 24.3 Å². The minimum absolute atomic E-state index is 0.0165. The molecule has 8 nitrogen and oxygen atoms in total. The number of carbonyl (C=O) groups excluding carboxylic acids is 2. The van der Waals surface area contributed by atoms with Gasteiger partial charge in [-0.15, -0.1) is 0 Å². The topological polar surface area (TPSA) is 109 Å². The van der Waals surface area contributed by atoms with Crippen molar-refractivity contribution in [1.82, 2.24) is 4.98 Å². The minimum Gasteiger partial charge on any atom is -0.469 e. The maximum absolute atomic E-state index is 13.7. The second-order valence-electron chi connectivity index (χ2n) is 8.89. The molecule has 0 spiro atoms. The molecule has 9 heteroatoms. The van der Waals surface area contributed by atoms with Crippen molar-refractivity contribution in [3.8, 4) is 11.1 Å². The van der Waals surface area contributed by atoms with E-state index in [4.69, 9.17) is 9.72 Å². The Morgan fingerprint density at radius 1 is 1.24 bits per heavy atom. The highest BCUT2D eigenvalue weighted by Crippen LogP contribution is 2.43. The van der Waals surface area contributed by atoms with E-state index in [0.29, 0.717) is 28.2 Å². The van der Waals surface area contributed by atoms with E-state index in [1.54, 1.807) is 19.2 Å². The third kappa shape index (κ3) is 5.20. The number of pyridine rings is 1. The van der Waals surface area contributed by atoms with E-state index in [-0.39, 0.29) is 31.2 Å². The SMILES string of the molecule is COC(=O)CC(O)CC(O)C(C)c1c(C(C)C)nc2c(c1-c1ccc(F)cc1)COC(=O)N2C. The molecule has 0 bridgehead atoms. The summed E-state index contributed by atoms with van der Waals surface area (Å²) in [6.45, 7) is 5.71. The van der Waals surface area contributed by atoms with Gasteiger partial charge in [0.2, 0.25) is 0 Å². The summed E-state index contributed by atoms with van der Waals surface area (Å²) in [6, 6.07) is 5.97. The summed E-state index contributed by atoms with van der Waals surface area (Å²) < 4.78 is 23.7. The third-order valence-corrected chi connectivity index (χ3v) is 6.13. The van der Waals surface area contributed by atoms with Crippen LogP contribution in [0.2, 0.25) is 0 Å². The Balaban J connectivity index is 2.17. The first kappa shape index (κ1) is 25.6. The second kappa shape index (κ2) is 10.5. The van der Waals surface area contributed by atoms with Crippen LogP contribution < -0.4 is 4.90 Å². The van der Waals surface area contributed by atoms with Gasteiger partial charge in [0.15, 0.2) is 0 Å². The Kier molecular flexibility index (Phi) is 7.89. The number of aromatic nitrogens is 1. The van der Waals surface area contributed by atoms with Gasteiger partial charge >= 0.3 is 12.1 Å². The van der Waals surface area contributed by atoms with E-state index in [9.17, 15) is 24.2 Å². The number of halogens is 1. The molecule has 34 heavy (non-hydrogen) atoms. The van der Waals surface area contributed by atoms with E-state index in [0.717, 1.165) is 5.56 Å². The number of cyclic esters (lactones) is 1. The smallest absolute Gasteiger partial charge is 0.415 e. The first-order valence-corrected chi connectivity index (χ1v) is 11.2. The number of hydrogen-bond acceptors (Lipinski definition) is 7. The van der Waals surface area contributed by atoms with E-state index in [1.165, 1.54) is 24.1 Å². The Morgan fingerprint density at radius 2 is 1.88 bits per heavy atom. The molecule has 184 valence electrons. The number of amides is 1. The molecule has 1 aromatic carbocycles. The highest BCUT2D eigenvalue weighted by atomic mass is 19.1. The number of esters is 1. The molecule has 0 fully saturated rings. The van der Waals surface area contributed by atoms with Gasteiger partial charge in [0.05, 0.1) is 25.7 Å². The predicted molar refractivity (Wildman–Crippen MR) is 124 cm³/mol. The maximum Gasteiger partial charge on any atom is 0.415 e. The van der Waals surface area contributed by atoms with Crippen LogP contribution in [0.5, 0.6) is 0 Å². The van der Waals surface area contributed by atoms with E-state index in [2.05, 4.69) is 4.74 Å². The lowest BCUT2D eigenvalue weighted by Crippen LogP contribution is -2.34. The standard InChI is InChI=1S/C25H31FN2O6/c1-13(2)23-21(14(3)19(30)10-17(29)11-20(31)33-5)22(15-6-8-16(26)9-7-15)18-12-34-25(32)28(4)24(18)27-23/h6-9,13-14,17,19,29-30H,10-12H2,1-5H3. The van der Waals surface area contributed by atoms with Gasteiger partial charge in [-0.2, -0.15) is 0 Å². The zero-order valence-electron chi connectivity index (χ0n) is 20.0. The summed E-state index contributed by atoms with van der Waals surface area (Å²) in [7, 11) is 2.81. The van der Waals surface area contributed by atoms with Gasteiger partial charge in [0.1, 0.15) is 18.2 Å². The van der Waals surface area contributed by atoms with E-state index >= 15 is 0 Å². The fraction of sp³-hybridized carbons (Fsp3) is 0.480. The molecule has 2 N–H and O–H groups in total. The molecule has 0 radical (unpaired) electrons. The average molecular weight is 475 g/mol. The summed E-state index contributed by atoms with van der Waals surface area (Å²) in [4.78, 5) is 29.9. The lowest BCUT2D eigenvalue weighted by atomic mass is 9.81. The number of hydrogen-bond donors (Lipinski definition) is 2. The Morgan fingerprint density at radius 3 is 2.47 bits per heavy atom. The van der Waals surface area contributed by atoms with Gasteiger partial charge < -0.3 is 19.7 Å². The first-order chi connectivity index (χ1) is 16.0. The van der Waals surface area contributed by atoms with E-state index in [1.807, 2.05) is 20.8 Å². The number of ether oxygens (including phenoxy) is 2. The molecular formula is C25H31FN2O6. The number of aliphatic hydroxyl groups is 2. The van der Waals surface area contributed by atoms with Gasteiger partial charge in [-0.25, -0.2) is 14.2 Å². The number of nitrogens with zero attached hydrogens (tertiary/aromatic N) is 2. The highest BCUT2D eigenvalue weighted by Gasteiger charge is 2.34. The third-order valence-electron chi connectivity index (χ3n) is 6.13. The lowest BCUT2D eigenvalue weighted by Gasteiger charge is -2.33. The first-order valence-electron chi connectivity index (χ1n) is 11.2. The van der Waals surface area contributed by atoms with E-state index < -0.39 is 30.2 Å². The molecule has 1 aliphatic heterocycles. The van der Waals surface area contributed by atoms with Crippen LogP contribution in [0.4, 0.5) is 15.0 Å². The normalized spacial score (nSPS) is 16.0. The van der Waals surface area contributed by atoms with Crippen LogP contribution in [0.1, 0.15) is 62.3 Å². The second-order valence-corrected chi connectivity index (χ2v) is 8.89. The summed E-state index contributed by atoms with van der Waals surface area (Å²) >= 11 is 0. The molecule has 1 amide bonds. The number of methoxy groups -OCH3 is 1. The van der Waals surface area contributed by atoms with Crippen molar-refractivity contribution in [1.29, 1.82) is 0 Å². The molecule has 1 aromatic heterocycles. The van der Waals surface area contributed by atoms with Crippen LogP contribution in [-0.2, 0) is 20.9 Å². The summed E-state index contributed by atoms with van der Waals surface area (Å²) in [5.41, 5.74) is 3.46. The van der Waals surface area contributed by atoms with Crippen molar-refractivity contribution < 1.29 is 33.7 Å². The van der Waals surface area contributed by atoms with Crippen molar-refractivity contribution >= 4 is 17.9 Å². The number of carbonyl (C=O) groups is 2. The van der Waals surface area contributed by atoms with Crippen molar-refractivity contribution in [2.45, 2.75) is 64.3 Å². The molecule has 1 aliphatic rings. The van der Waals surface area contributed by atoms with Crippen molar-refractivity contribution in [3.05, 3.63) is 46.9 Å². The molecule has 0 saturated carbocycles. The van der Waals surface area contributed by atoms with Crippen LogP contribution >= 0.6 is 0 Å².